The highest BCUT2D eigenvalue weighted by molar-refractivity contribution is 5.84. The SMILES string of the molecule is Cc1nc(-c2ccc3c(c2)n(CC(=O)N2CCC4(CC2)OCCO4)c(=O)n3C(C)C)no1. The fraction of sp³-hybridized carbons (Fsp3) is 0.545. The Hall–Kier alpha value is -2.98. The highest BCUT2D eigenvalue weighted by Crippen LogP contribution is 2.31. The maximum Gasteiger partial charge on any atom is 0.329 e. The van der Waals surface area contributed by atoms with E-state index in [9.17, 15) is 9.59 Å². The molecule has 10 heteroatoms. The third-order valence-electron chi connectivity index (χ3n) is 6.25. The van der Waals surface area contributed by atoms with Gasteiger partial charge in [0, 0.05) is 44.5 Å². The zero-order valence-electron chi connectivity index (χ0n) is 18.5. The van der Waals surface area contributed by atoms with E-state index in [-0.39, 0.29) is 24.2 Å². The number of hydrogen-bond acceptors (Lipinski definition) is 7. The molecule has 5 rings (SSSR count). The molecule has 2 saturated heterocycles. The van der Waals surface area contributed by atoms with Crippen molar-refractivity contribution in [2.75, 3.05) is 26.3 Å². The molecule has 2 aliphatic rings. The number of carbonyl (C=O) groups is 1. The van der Waals surface area contributed by atoms with Crippen molar-refractivity contribution in [2.45, 2.75) is 52.0 Å². The minimum absolute atomic E-state index is 0.0293. The van der Waals surface area contributed by atoms with Crippen molar-refractivity contribution in [2.24, 2.45) is 0 Å². The lowest BCUT2D eigenvalue weighted by Gasteiger charge is -2.37. The van der Waals surface area contributed by atoms with Crippen molar-refractivity contribution in [3.8, 4) is 11.4 Å². The fourth-order valence-electron chi connectivity index (χ4n) is 4.60. The van der Waals surface area contributed by atoms with Crippen LogP contribution in [-0.4, -0.2) is 62.2 Å². The molecule has 4 heterocycles. The Morgan fingerprint density at radius 1 is 1.16 bits per heavy atom. The van der Waals surface area contributed by atoms with Gasteiger partial charge in [-0.1, -0.05) is 5.16 Å². The molecule has 170 valence electrons. The van der Waals surface area contributed by atoms with Gasteiger partial charge in [0.05, 0.1) is 24.2 Å². The number of fused-ring (bicyclic) bond motifs is 1. The van der Waals surface area contributed by atoms with Gasteiger partial charge in [0.15, 0.2) is 5.79 Å². The molecule has 3 aromatic rings. The number of aryl methyl sites for hydroxylation is 1. The lowest BCUT2D eigenvalue weighted by molar-refractivity contribution is -0.187. The third-order valence-corrected chi connectivity index (χ3v) is 6.25. The van der Waals surface area contributed by atoms with Crippen LogP contribution in [0, 0.1) is 6.92 Å². The Balaban J connectivity index is 1.46. The van der Waals surface area contributed by atoms with E-state index >= 15 is 0 Å². The van der Waals surface area contributed by atoms with Crippen LogP contribution in [0.5, 0.6) is 0 Å². The standard InChI is InChI=1S/C22H27N5O5/c1-14(2)27-17-5-4-16(20-23-15(3)32-24-20)12-18(17)26(21(27)29)13-19(28)25-8-6-22(7-9-25)30-10-11-31-22/h4-5,12,14H,6-11,13H2,1-3H3. The quantitative estimate of drug-likeness (QED) is 0.611. The summed E-state index contributed by atoms with van der Waals surface area (Å²) >= 11 is 0. The van der Waals surface area contributed by atoms with Gasteiger partial charge in [-0.05, 0) is 32.0 Å². The molecule has 0 aliphatic carbocycles. The normalized spacial score (nSPS) is 18.3. The van der Waals surface area contributed by atoms with Gasteiger partial charge < -0.3 is 18.9 Å². The van der Waals surface area contributed by atoms with Crippen LogP contribution in [0.3, 0.4) is 0 Å². The fourth-order valence-corrected chi connectivity index (χ4v) is 4.60. The van der Waals surface area contributed by atoms with Gasteiger partial charge in [0.2, 0.25) is 17.6 Å². The van der Waals surface area contributed by atoms with Crippen molar-refractivity contribution < 1.29 is 18.8 Å². The summed E-state index contributed by atoms with van der Waals surface area (Å²) in [5, 5.41) is 3.98. The Labute approximate surface area is 184 Å². The Kier molecular flexibility index (Phi) is 5.13. The topological polar surface area (TPSA) is 105 Å². The van der Waals surface area contributed by atoms with Crippen LogP contribution in [0.1, 0.15) is 38.6 Å². The number of benzene rings is 1. The van der Waals surface area contributed by atoms with E-state index in [0.29, 0.717) is 56.4 Å². The minimum Gasteiger partial charge on any atom is -0.347 e. The van der Waals surface area contributed by atoms with Crippen molar-refractivity contribution in [1.29, 1.82) is 0 Å². The smallest absolute Gasteiger partial charge is 0.329 e. The molecule has 1 aromatic carbocycles. The number of likely N-dealkylation sites (tertiary alicyclic amines) is 1. The number of hydrogen-bond donors (Lipinski definition) is 0. The van der Waals surface area contributed by atoms with Gasteiger partial charge in [-0.25, -0.2) is 4.79 Å². The van der Waals surface area contributed by atoms with E-state index in [4.69, 9.17) is 14.0 Å². The maximum atomic E-state index is 13.3. The van der Waals surface area contributed by atoms with Crippen molar-refractivity contribution in [1.82, 2.24) is 24.2 Å². The largest absolute Gasteiger partial charge is 0.347 e. The molecule has 0 bridgehead atoms. The van der Waals surface area contributed by atoms with Crippen LogP contribution in [0.2, 0.25) is 0 Å². The van der Waals surface area contributed by atoms with Crippen LogP contribution < -0.4 is 5.69 Å². The third kappa shape index (κ3) is 3.53. The van der Waals surface area contributed by atoms with Gasteiger partial charge in [0.25, 0.3) is 0 Å². The predicted octanol–water partition coefficient (Wildman–Crippen LogP) is 2.11. The van der Waals surface area contributed by atoms with Crippen molar-refractivity contribution >= 4 is 16.9 Å². The summed E-state index contributed by atoms with van der Waals surface area (Å²) in [7, 11) is 0. The van der Waals surface area contributed by atoms with E-state index in [1.807, 2.05) is 32.0 Å². The van der Waals surface area contributed by atoms with Gasteiger partial charge in [-0.15, -0.1) is 0 Å². The molecule has 1 spiro atoms. The van der Waals surface area contributed by atoms with Crippen LogP contribution in [0.4, 0.5) is 0 Å². The monoisotopic (exact) mass is 441 g/mol. The number of ether oxygens (including phenoxy) is 2. The van der Waals surface area contributed by atoms with E-state index < -0.39 is 5.79 Å². The van der Waals surface area contributed by atoms with Gasteiger partial charge in [-0.2, -0.15) is 4.98 Å². The Bertz CT molecular complexity index is 1210. The second kappa shape index (κ2) is 7.86. The zero-order valence-corrected chi connectivity index (χ0v) is 18.5. The molecular formula is C22H27N5O5. The molecule has 1 amide bonds. The maximum absolute atomic E-state index is 13.3. The first-order valence-electron chi connectivity index (χ1n) is 11.0. The first kappa shape index (κ1) is 20.9. The first-order valence-corrected chi connectivity index (χ1v) is 11.0. The highest BCUT2D eigenvalue weighted by Gasteiger charge is 2.40. The summed E-state index contributed by atoms with van der Waals surface area (Å²) in [6.07, 6.45) is 1.28. The molecule has 10 nitrogen and oxygen atoms in total. The molecule has 2 aromatic heterocycles. The molecule has 0 N–H and O–H groups in total. The summed E-state index contributed by atoms with van der Waals surface area (Å²) in [5.74, 6) is 0.276. The summed E-state index contributed by atoms with van der Waals surface area (Å²) in [4.78, 5) is 32.5. The van der Waals surface area contributed by atoms with Crippen LogP contribution >= 0.6 is 0 Å². The number of nitrogens with zero attached hydrogens (tertiary/aromatic N) is 5. The first-order chi connectivity index (χ1) is 15.4. The van der Waals surface area contributed by atoms with E-state index in [0.717, 1.165) is 11.1 Å². The molecule has 0 atom stereocenters. The summed E-state index contributed by atoms with van der Waals surface area (Å²) < 4.78 is 19.9. The molecule has 0 unspecified atom stereocenters. The number of amides is 1. The minimum atomic E-state index is -0.543. The number of carbonyl (C=O) groups excluding carboxylic acids is 1. The number of imidazole rings is 1. The Morgan fingerprint density at radius 2 is 1.88 bits per heavy atom. The molecule has 0 saturated carbocycles. The molecular weight excluding hydrogens is 414 g/mol. The Morgan fingerprint density at radius 3 is 2.50 bits per heavy atom. The van der Waals surface area contributed by atoms with E-state index in [1.165, 1.54) is 0 Å². The molecule has 2 aliphatic heterocycles. The highest BCUT2D eigenvalue weighted by atomic mass is 16.7. The lowest BCUT2D eigenvalue weighted by atomic mass is 10.0. The predicted molar refractivity (Wildman–Crippen MR) is 115 cm³/mol. The molecule has 0 radical (unpaired) electrons. The average molecular weight is 441 g/mol. The van der Waals surface area contributed by atoms with Crippen LogP contribution in [0.25, 0.3) is 22.4 Å². The van der Waals surface area contributed by atoms with Gasteiger partial charge >= 0.3 is 5.69 Å². The summed E-state index contributed by atoms with van der Waals surface area (Å²) in [5.41, 5.74) is 1.97. The molecule has 32 heavy (non-hydrogen) atoms. The lowest BCUT2D eigenvalue weighted by Crippen LogP contribution is -2.48. The van der Waals surface area contributed by atoms with Crippen LogP contribution in [0.15, 0.2) is 27.5 Å². The van der Waals surface area contributed by atoms with E-state index in [2.05, 4.69) is 10.1 Å². The number of piperidine rings is 1. The van der Waals surface area contributed by atoms with Gasteiger partial charge in [0.1, 0.15) is 6.54 Å². The summed E-state index contributed by atoms with van der Waals surface area (Å²) in [6, 6.07) is 5.53. The average Bonchev–Trinajstić information content (AvgIpc) is 3.47. The second-order valence-corrected chi connectivity index (χ2v) is 8.66. The van der Waals surface area contributed by atoms with Gasteiger partial charge in [-0.3, -0.25) is 13.9 Å². The number of rotatable bonds is 4. The summed E-state index contributed by atoms with van der Waals surface area (Å²) in [6.45, 7) is 7.89. The second-order valence-electron chi connectivity index (χ2n) is 8.66. The van der Waals surface area contributed by atoms with Crippen LogP contribution in [-0.2, 0) is 20.8 Å². The zero-order chi connectivity index (χ0) is 22.5. The van der Waals surface area contributed by atoms with E-state index in [1.54, 1.807) is 21.0 Å². The number of aromatic nitrogens is 4. The molecule has 2 fully saturated rings. The van der Waals surface area contributed by atoms with Crippen molar-refractivity contribution in [3.63, 3.8) is 0 Å². The van der Waals surface area contributed by atoms with Crippen molar-refractivity contribution in [3.05, 3.63) is 34.6 Å².